The zero-order valence-corrected chi connectivity index (χ0v) is 19.5. The fraction of sp³-hybridized carbons (Fsp3) is 0.417. The van der Waals surface area contributed by atoms with Crippen molar-refractivity contribution in [3.8, 4) is 0 Å². The molecule has 31 heavy (non-hydrogen) atoms. The highest BCUT2D eigenvalue weighted by molar-refractivity contribution is 6.13. The smallest absolute Gasteiger partial charge is 0.256 e. The average molecular weight is 422 g/mol. The van der Waals surface area contributed by atoms with E-state index >= 15 is 0 Å². The Morgan fingerprint density at radius 3 is 2.32 bits per heavy atom. The number of aryl methyl sites for hydroxylation is 1. The summed E-state index contributed by atoms with van der Waals surface area (Å²) < 4.78 is 1.89. The van der Waals surface area contributed by atoms with E-state index in [1.807, 2.05) is 24.6 Å². The molecule has 2 amide bonds. The van der Waals surface area contributed by atoms with Crippen LogP contribution in [0, 0.1) is 13.8 Å². The van der Waals surface area contributed by atoms with Crippen LogP contribution >= 0.6 is 0 Å². The molecular formula is C24H31N5O2. The molecule has 0 radical (unpaired) electrons. The average Bonchev–Trinajstić information content (AvgIpc) is 3.05. The quantitative estimate of drug-likeness (QED) is 0.647. The third-order valence-corrected chi connectivity index (χ3v) is 5.36. The number of hydrogen-bond donors (Lipinski definition) is 2. The molecule has 0 saturated carbocycles. The normalized spacial score (nSPS) is 11.8. The van der Waals surface area contributed by atoms with Crippen LogP contribution in [0.25, 0.3) is 11.0 Å². The van der Waals surface area contributed by atoms with Gasteiger partial charge in [-0.1, -0.05) is 19.9 Å². The third kappa shape index (κ3) is 4.17. The number of amides is 2. The zero-order valence-electron chi connectivity index (χ0n) is 19.5. The van der Waals surface area contributed by atoms with E-state index in [4.69, 9.17) is 10.1 Å². The number of aromatic nitrogens is 3. The molecular weight excluding hydrogens is 390 g/mol. The summed E-state index contributed by atoms with van der Waals surface area (Å²) in [6.07, 6.45) is 0. The molecule has 0 saturated heterocycles. The second kappa shape index (κ2) is 8.13. The molecule has 0 aliphatic heterocycles. The number of fused-ring (bicyclic) bond motifs is 1. The van der Waals surface area contributed by atoms with Gasteiger partial charge in [0.2, 0.25) is 0 Å². The summed E-state index contributed by atoms with van der Waals surface area (Å²) in [6.45, 7) is 14.0. The van der Waals surface area contributed by atoms with Crippen LogP contribution in [-0.2, 0) is 5.54 Å². The van der Waals surface area contributed by atoms with Gasteiger partial charge in [-0.05, 0) is 64.3 Å². The van der Waals surface area contributed by atoms with Gasteiger partial charge in [-0.3, -0.25) is 9.59 Å². The van der Waals surface area contributed by atoms with Crippen molar-refractivity contribution in [3.63, 3.8) is 0 Å². The predicted molar refractivity (Wildman–Crippen MR) is 124 cm³/mol. The summed E-state index contributed by atoms with van der Waals surface area (Å²) >= 11 is 0. The largest absolute Gasteiger partial charge is 0.355 e. The first-order chi connectivity index (χ1) is 14.5. The Bertz CT molecular complexity index is 1170. The molecule has 164 valence electrons. The van der Waals surface area contributed by atoms with Crippen molar-refractivity contribution in [2.75, 3.05) is 12.4 Å². The van der Waals surface area contributed by atoms with Crippen LogP contribution in [-0.4, -0.2) is 33.6 Å². The Balaban J connectivity index is 2.16. The molecule has 0 atom stereocenters. The van der Waals surface area contributed by atoms with Gasteiger partial charge in [-0.25, -0.2) is 9.67 Å². The van der Waals surface area contributed by atoms with E-state index < -0.39 is 0 Å². The van der Waals surface area contributed by atoms with Crippen molar-refractivity contribution in [2.45, 2.75) is 59.9 Å². The van der Waals surface area contributed by atoms with E-state index in [0.717, 1.165) is 16.8 Å². The number of nitrogens with zero attached hydrogens (tertiary/aromatic N) is 3. The standard InChI is InChI=1S/C24H31N5O2/c1-13(2)19-12-17(20-15(4)28-29(21(20)26-19)24(5,6)7)23(31)27-18-11-9-10-16(14(18)3)22(30)25-8/h9-13H,1-8H3,(H,25,30)(H,27,31). The van der Waals surface area contributed by atoms with E-state index in [2.05, 4.69) is 45.3 Å². The number of pyridine rings is 1. The molecule has 0 bridgehead atoms. The molecule has 2 N–H and O–H groups in total. The van der Waals surface area contributed by atoms with Gasteiger partial charge < -0.3 is 10.6 Å². The first-order valence-electron chi connectivity index (χ1n) is 10.5. The number of carbonyl (C=O) groups is 2. The fourth-order valence-electron chi connectivity index (χ4n) is 3.59. The molecule has 0 aliphatic carbocycles. The zero-order chi connectivity index (χ0) is 23.1. The van der Waals surface area contributed by atoms with Gasteiger partial charge in [-0.15, -0.1) is 0 Å². The van der Waals surface area contributed by atoms with Crippen molar-refractivity contribution in [2.24, 2.45) is 0 Å². The molecule has 0 unspecified atom stereocenters. The molecule has 7 nitrogen and oxygen atoms in total. The van der Waals surface area contributed by atoms with Crippen molar-refractivity contribution in [1.29, 1.82) is 0 Å². The van der Waals surface area contributed by atoms with Crippen molar-refractivity contribution >= 4 is 28.5 Å². The number of benzene rings is 1. The lowest BCUT2D eigenvalue weighted by atomic mass is 10.0. The summed E-state index contributed by atoms with van der Waals surface area (Å²) in [5.74, 6) is -0.287. The summed E-state index contributed by atoms with van der Waals surface area (Å²) in [5, 5.41) is 11.1. The molecule has 3 aromatic rings. The number of hydrogen-bond acceptors (Lipinski definition) is 4. The molecule has 2 heterocycles. The van der Waals surface area contributed by atoms with Crippen LogP contribution in [0.1, 0.15) is 78.2 Å². The summed E-state index contributed by atoms with van der Waals surface area (Å²) in [5.41, 5.74) is 4.40. The lowest BCUT2D eigenvalue weighted by Crippen LogP contribution is -2.24. The molecule has 0 spiro atoms. The molecule has 3 rings (SSSR count). The second-order valence-electron chi connectivity index (χ2n) is 9.13. The van der Waals surface area contributed by atoms with Gasteiger partial charge in [0.25, 0.3) is 11.8 Å². The molecule has 0 aliphatic rings. The van der Waals surface area contributed by atoms with Gasteiger partial charge in [0.1, 0.15) is 0 Å². The van der Waals surface area contributed by atoms with Gasteiger partial charge in [0.15, 0.2) is 5.65 Å². The molecule has 0 fully saturated rings. The fourth-order valence-corrected chi connectivity index (χ4v) is 3.59. The Morgan fingerprint density at radius 2 is 1.74 bits per heavy atom. The van der Waals surface area contributed by atoms with Crippen LogP contribution in [0.3, 0.4) is 0 Å². The van der Waals surface area contributed by atoms with Crippen LogP contribution in [0.2, 0.25) is 0 Å². The number of rotatable bonds is 4. The maximum atomic E-state index is 13.4. The highest BCUT2D eigenvalue weighted by Crippen LogP contribution is 2.30. The minimum Gasteiger partial charge on any atom is -0.355 e. The van der Waals surface area contributed by atoms with Gasteiger partial charge in [-0.2, -0.15) is 5.10 Å². The van der Waals surface area contributed by atoms with Gasteiger partial charge >= 0.3 is 0 Å². The number of anilines is 1. The van der Waals surface area contributed by atoms with E-state index in [1.165, 1.54) is 0 Å². The monoisotopic (exact) mass is 421 g/mol. The van der Waals surface area contributed by atoms with Gasteiger partial charge in [0.05, 0.1) is 22.2 Å². The minimum atomic E-state index is -0.276. The second-order valence-corrected chi connectivity index (χ2v) is 9.13. The Morgan fingerprint density at radius 1 is 1.06 bits per heavy atom. The van der Waals surface area contributed by atoms with Gasteiger partial charge in [0, 0.05) is 24.0 Å². The summed E-state index contributed by atoms with van der Waals surface area (Å²) in [7, 11) is 1.59. The van der Waals surface area contributed by atoms with Crippen LogP contribution in [0.5, 0.6) is 0 Å². The Hall–Kier alpha value is -3.22. The minimum absolute atomic E-state index is 0.151. The Labute approximate surface area is 183 Å². The SMILES string of the molecule is CNC(=O)c1cccc(NC(=O)c2cc(C(C)C)nc3c2c(C)nn3C(C)(C)C)c1C. The Kier molecular flexibility index (Phi) is 5.89. The van der Waals surface area contributed by atoms with Crippen molar-refractivity contribution in [3.05, 3.63) is 52.3 Å². The lowest BCUT2D eigenvalue weighted by Gasteiger charge is -2.20. The predicted octanol–water partition coefficient (Wildman–Crippen LogP) is 4.54. The van der Waals surface area contributed by atoms with Crippen LogP contribution in [0.4, 0.5) is 5.69 Å². The molecule has 2 aromatic heterocycles. The van der Waals surface area contributed by atoms with E-state index in [-0.39, 0.29) is 23.3 Å². The van der Waals surface area contributed by atoms with Crippen LogP contribution < -0.4 is 10.6 Å². The third-order valence-electron chi connectivity index (χ3n) is 5.36. The highest BCUT2D eigenvalue weighted by Gasteiger charge is 2.25. The number of carbonyl (C=O) groups excluding carboxylic acids is 2. The molecule has 7 heteroatoms. The maximum absolute atomic E-state index is 13.4. The topological polar surface area (TPSA) is 88.9 Å². The van der Waals surface area contributed by atoms with Crippen LogP contribution in [0.15, 0.2) is 24.3 Å². The summed E-state index contributed by atoms with van der Waals surface area (Å²) in [4.78, 5) is 30.4. The van der Waals surface area contributed by atoms with Crippen molar-refractivity contribution < 1.29 is 9.59 Å². The lowest BCUT2D eigenvalue weighted by molar-refractivity contribution is 0.0960. The first-order valence-corrected chi connectivity index (χ1v) is 10.5. The first kappa shape index (κ1) is 22.5. The maximum Gasteiger partial charge on any atom is 0.256 e. The van der Waals surface area contributed by atoms with E-state index in [9.17, 15) is 9.59 Å². The van der Waals surface area contributed by atoms with E-state index in [0.29, 0.717) is 28.0 Å². The molecule has 1 aromatic carbocycles. The highest BCUT2D eigenvalue weighted by atomic mass is 16.2. The number of nitrogens with one attached hydrogen (secondary N) is 2. The van der Waals surface area contributed by atoms with E-state index in [1.54, 1.807) is 25.2 Å². The summed E-state index contributed by atoms with van der Waals surface area (Å²) in [6, 6.07) is 7.15. The van der Waals surface area contributed by atoms with Crippen molar-refractivity contribution in [1.82, 2.24) is 20.1 Å².